The Morgan fingerprint density at radius 1 is 0.615 bits per heavy atom. The Balaban J connectivity index is 2.39. The summed E-state index contributed by atoms with van der Waals surface area (Å²) in [4.78, 5) is 19.5. The summed E-state index contributed by atoms with van der Waals surface area (Å²) >= 11 is 0. The molecule has 0 spiro atoms. The van der Waals surface area contributed by atoms with E-state index in [2.05, 4.69) is 0 Å². The molecule has 0 fully saturated rings. The molecule has 10 heteroatoms. The Bertz CT molecular complexity index is 845. The number of benzene rings is 2. The third-order valence-corrected chi connectivity index (χ3v) is 3.24. The molecule has 0 saturated heterocycles. The van der Waals surface area contributed by atoms with E-state index < -0.39 is 55.7 Å². The van der Waals surface area contributed by atoms with E-state index in [0.29, 0.717) is 0 Å². The van der Waals surface area contributed by atoms with Gasteiger partial charge in [0.15, 0.2) is 23.3 Å². The minimum Gasteiger partial charge on any atom is -0.258 e. The van der Waals surface area contributed by atoms with Crippen molar-refractivity contribution in [1.82, 2.24) is 0 Å². The highest BCUT2D eigenvalue weighted by Crippen LogP contribution is 2.33. The van der Waals surface area contributed by atoms with Crippen molar-refractivity contribution in [2.24, 2.45) is 0 Å². The molecule has 26 heavy (non-hydrogen) atoms. The van der Waals surface area contributed by atoms with Gasteiger partial charge in [-0.1, -0.05) is 0 Å². The maximum atomic E-state index is 14.0. The first-order valence-electron chi connectivity index (χ1n) is 6.83. The molecule has 0 aliphatic heterocycles. The molecule has 0 unspecified atom stereocenters. The van der Waals surface area contributed by atoms with E-state index in [1.165, 1.54) is 0 Å². The van der Waals surface area contributed by atoms with E-state index in [4.69, 9.17) is 0 Å². The van der Waals surface area contributed by atoms with Crippen LogP contribution in [0.5, 0.6) is 0 Å². The summed E-state index contributed by atoms with van der Waals surface area (Å²) in [6, 6.07) is 6.84. The minimum atomic E-state index is -2.14. The molecular weight excluding hydrogens is 360 g/mol. The summed E-state index contributed by atoms with van der Waals surface area (Å²) in [6.07, 6.45) is 0. The molecule has 2 aromatic carbocycles. The number of hydrogen-bond donors (Lipinski definition) is 0. The first-order chi connectivity index (χ1) is 12.2. The number of hydrogen-bond acceptors (Lipinski definition) is 4. The topological polar surface area (TPSA) is 86.3 Å². The minimum absolute atomic E-state index is 0.393. The molecule has 0 aliphatic rings. The molecule has 0 aliphatic carbocycles. The smallest absolute Gasteiger partial charge is 0.258 e. The van der Waals surface area contributed by atoms with Crippen molar-refractivity contribution >= 4 is 23.0 Å². The molecular formula is C16H8F4N2O4. The van der Waals surface area contributed by atoms with Crippen molar-refractivity contribution < 1.29 is 27.4 Å². The molecule has 0 atom stereocenters. The van der Waals surface area contributed by atoms with Crippen LogP contribution in [0.1, 0.15) is 11.1 Å². The van der Waals surface area contributed by atoms with E-state index in [0.717, 1.165) is 48.5 Å². The van der Waals surface area contributed by atoms with Crippen molar-refractivity contribution in [2.75, 3.05) is 0 Å². The first kappa shape index (κ1) is 18.8. The molecule has 2 rings (SSSR count). The van der Waals surface area contributed by atoms with Crippen LogP contribution >= 0.6 is 0 Å². The van der Waals surface area contributed by atoms with Crippen LogP contribution in [-0.4, -0.2) is 9.85 Å². The molecule has 0 aromatic heterocycles. The predicted molar refractivity (Wildman–Crippen MR) is 84.5 cm³/mol. The average molecular weight is 368 g/mol. The quantitative estimate of drug-likeness (QED) is 0.305. The number of nitro benzene ring substituents is 2. The van der Waals surface area contributed by atoms with E-state index in [1.54, 1.807) is 0 Å². The van der Waals surface area contributed by atoms with Crippen LogP contribution in [0, 0.1) is 20.2 Å². The second-order valence-corrected chi connectivity index (χ2v) is 4.86. The maximum Gasteiger partial charge on any atom is 0.269 e. The maximum absolute atomic E-state index is 14.0. The van der Waals surface area contributed by atoms with Gasteiger partial charge in [-0.2, -0.15) is 0 Å². The standard InChI is InChI=1S/C16H8F4N2O4/c17-13(9-1-5-11(6-2-9)21(23)24)15(19)16(20)14(18)10-3-7-12(8-4-10)22(25)26/h1-8H/b15-13+,16-14+. The van der Waals surface area contributed by atoms with Gasteiger partial charge in [0.1, 0.15) is 0 Å². The molecule has 134 valence electrons. The number of non-ortho nitro benzene ring substituents is 2. The third-order valence-electron chi connectivity index (χ3n) is 3.24. The van der Waals surface area contributed by atoms with E-state index in [9.17, 15) is 37.8 Å². The zero-order chi connectivity index (χ0) is 19.4. The summed E-state index contributed by atoms with van der Waals surface area (Å²) in [5.74, 6) is -7.80. The lowest BCUT2D eigenvalue weighted by Crippen LogP contribution is -1.91. The Morgan fingerprint density at radius 2 is 0.885 bits per heavy atom. The van der Waals surface area contributed by atoms with E-state index in [1.807, 2.05) is 0 Å². The number of nitrogens with zero attached hydrogens (tertiary/aromatic N) is 2. The molecule has 0 heterocycles. The Morgan fingerprint density at radius 3 is 1.12 bits per heavy atom. The highest BCUT2D eigenvalue weighted by Gasteiger charge is 2.20. The number of halogens is 4. The van der Waals surface area contributed by atoms with Crippen LogP contribution in [0.2, 0.25) is 0 Å². The summed E-state index contributed by atoms with van der Waals surface area (Å²) in [5.41, 5.74) is -1.84. The van der Waals surface area contributed by atoms with Crippen molar-refractivity contribution in [3.63, 3.8) is 0 Å². The molecule has 0 bridgehead atoms. The summed E-state index contributed by atoms with van der Waals surface area (Å²) < 4.78 is 55.7. The van der Waals surface area contributed by atoms with Crippen LogP contribution in [0.3, 0.4) is 0 Å². The van der Waals surface area contributed by atoms with Gasteiger partial charge in [-0.3, -0.25) is 20.2 Å². The summed E-state index contributed by atoms with van der Waals surface area (Å²) in [5, 5.41) is 21.0. The van der Waals surface area contributed by atoms with Gasteiger partial charge in [-0.25, -0.2) is 17.6 Å². The van der Waals surface area contributed by atoms with Crippen LogP contribution in [0.4, 0.5) is 28.9 Å². The molecule has 0 saturated carbocycles. The monoisotopic (exact) mass is 368 g/mol. The zero-order valence-corrected chi connectivity index (χ0v) is 12.7. The van der Waals surface area contributed by atoms with Gasteiger partial charge in [0.25, 0.3) is 11.4 Å². The normalized spacial score (nSPS) is 12.9. The zero-order valence-electron chi connectivity index (χ0n) is 12.7. The lowest BCUT2D eigenvalue weighted by Gasteiger charge is -2.03. The second kappa shape index (κ2) is 7.55. The number of allylic oxidation sites excluding steroid dienone is 2. The van der Waals surface area contributed by atoms with Gasteiger partial charge < -0.3 is 0 Å². The highest BCUT2D eigenvalue weighted by atomic mass is 19.2. The van der Waals surface area contributed by atoms with E-state index in [-0.39, 0.29) is 0 Å². The molecule has 6 nitrogen and oxygen atoms in total. The van der Waals surface area contributed by atoms with Gasteiger partial charge in [0.05, 0.1) is 9.85 Å². The summed E-state index contributed by atoms with van der Waals surface area (Å²) in [7, 11) is 0. The average Bonchev–Trinajstić information content (AvgIpc) is 2.65. The third kappa shape index (κ3) is 3.91. The second-order valence-electron chi connectivity index (χ2n) is 4.86. The number of rotatable bonds is 5. The van der Waals surface area contributed by atoms with Crippen LogP contribution in [0.15, 0.2) is 60.2 Å². The Kier molecular flexibility index (Phi) is 5.45. The van der Waals surface area contributed by atoms with Gasteiger partial charge in [0.2, 0.25) is 0 Å². The largest absolute Gasteiger partial charge is 0.269 e. The predicted octanol–water partition coefficient (Wildman–Crippen LogP) is 5.42. The highest BCUT2D eigenvalue weighted by molar-refractivity contribution is 5.72. The summed E-state index contributed by atoms with van der Waals surface area (Å²) in [6.45, 7) is 0. The van der Waals surface area contributed by atoms with Gasteiger partial charge >= 0.3 is 0 Å². The van der Waals surface area contributed by atoms with Crippen LogP contribution < -0.4 is 0 Å². The van der Waals surface area contributed by atoms with Gasteiger partial charge in [-0.05, 0) is 24.3 Å². The SMILES string of the molecule is O=[N+]([O-])c1ccc(/C(F)=C(F)/C(F)=C(\F)c2ccc([N+](=O)[O-])cc2)cc1. The van der Waals surface area contributed by atoms with Crippen molar-refractivity contribution in [3.05, 3.63) is 91.5 Å². The fourth-order valence-corrected chi connectivity index (χ4v) is 1.91. The van der Waals surface area contributed by atoms with Crippen LogP contribution in [-0.2, 0) is 0 Å². The van der Waals surface area contributed by atoms with Gasteiger partial charge in [-0.15, -0.1) is 0 Å². The fraction of sp³-hybridized carbons (Fsp3) is 0. The van der Waals surface area contributed by atoms with Gasteiger partial charge in [0, 0.05) is 35.4 Å². The van der Waals surface area contributed by atoms with Crippen molar-refractivity contribution in [3.8, 4) is 0 Å². The Hall–Kier alpha value is -3.56. The molecule has 0 amide bonds. The van der Waals surface area contributed by atoms with Crippen molar-refractivity contribution in [1.29, 1.82) is 0 Å². The molecule has 0 N–H and O–H groups in total. The first-order valence-corrected chi connectivity index (χ1v) is 6.83. The number of nitro groups is 2. The molecule has 0 radical (unpaired) electrons. The van der Waals surface area contributed by atoms with Crippen molar-refractivity contribution in [2.45, 2.75) is 0 Å². The van der Waals surface area contributed by atoms with E-state index >= 15 is 0 Å². The Labute approximate surface area is 143 Å². The lowest BCUT2D eigenvalue weighted by atomic mass is 10.1. The van der Waals surface area contributed by atoms with Crippen LogP contribution in [0.25, 0.3) is 11.7 Å². The lowest BCUT2D eigenvalue weighted by molar-refractivity contribution is -0.385. The fourth-order valence-electron chi connectivity index (χ4n) is 1.91. The molecule has 2 aromatic rings.